The fourth-order valence-electron chi connectivity index (χ4n) is 1.65. The van der Waals surface area contributed by atoms with Gasteiger partial charge in [0.15, 0.2) is 0 Å². The average Bonchev–Trinajstić information content (AvgIpc) is 2.01. The van der Waals surface area contributed by atoms with Gasteiger partial charge in [-0.05, 0) is 24.5 Å². The van der Waals surface area contributed by atoms with Crippen LogP contribution in [0.2, 0.25) is 0 Å². The van der Waals surface area contributed by atoms with E-state index < -0.39 is 0 Å². The molecule has 0 bridgehead atoms. The molecule has 70 valence electrons. The van der Waals surface area contributed by atoms with Crippen molar-refractivity contribution in [1.82, 2.24) is 4.98 Å². The van der Waals surface area contributed by atoms with E-state index in [0.29, 0.717) is 5.92 Å². The van der Waals surface area contributed by atoms with Crippen molar-refractivity contribution in [2.45, 2.75) is 26.2 Å². The molecule has 1 aliphatic rings. The Hall–Kier alpha value is -0.890. The highest BCUT2D eigenvalue weighted by molar-refractivity contribution is 5.27. The number of hydrogen-bond acceptors (Lipinski definition) is 2. The molecule has 0 aliphatic carbocycles. The van der Waals surface area contributed by atoms with Gasteiger partial charge in [0.1, 0.15) is 0 Å². The quantitative estimate of drug-likeness (QED) is 0.690. The zero-order valence-corrected chi connectivity index (χ0v) is 8.21. The maximum atomic E-state index is 5.16. The topological polar surface area (TPSA) is 22.1 Å². The molecule has 13 heavy (non-hydrogen) atoms. The summed E-state index contributed by atoms with van der Waals surface area (Å²) >= 11 is 0. The molecule has 0 saturated carbocycles. The zero-order valence-electron chi connectivity index (χ0n) is 8.21. The molecule has 2 nitrogen and oxygen atoms in total. The Balaban J connectivity index is 2.24. The Morgan fingerprint density at radius 2 is 2.31 bits per heavy atom. The number of aromatic nitrogens is 1. The van der Waals surface area contributed by atoms with Gasteiger partial charge in [-0.1, -0.05) is 13.0 Å². The molecule has 0 atom stereocenters. The third-order valence-corrected chi connectivity index (χ3v) is 2.65. The molecule has 0 unspecified atom stereocenters. The molecule has 0 aromatic carbocycles. The molecule has 0 radical (unpaired) electrons. The van der Waals surface area contributed by atoms with E-state index in [9.17, 15) is 0 Å². The average molecular weight is 177 g/mol. The van der Waals surface area contributed by atoms with Gasteiger partial charge in [-0.15, -0.1) is 0 Å². The maximum absolute atomic E-state index is 5.16. The standard InChI is InChI=1S/C11H15NO/c1-3-11-8(2)4-9(5-12-11)10-6-13-7-10/h4-5,10H,3,6-7H2,1-2H3. The summed E-state index contributed by atoms with van der Waals surface area (Å²) in [5, 5.41) is 0. The smallest absolute Gasteiger partial charge is 0.0557 e. The summed E-state index contributed by atoms with van der Waals surface area (Å²) in [5.41, 5.74) is 3.86. The van der Waals surface area contributed by atoms with Gasteiger partial charge in [0.2, 0.25) is 0 Å². The first-order chi connectivity index (χ1) is 6.31. The van der Waals surface area contributed by atoms with Crippen molar-refractivity contribution >= 4 is 0 Å². The van der Waals surface area contributed by atoms with Crippen molar-refractivity contribution in [2.75, 3.05) is 13.2 Å². The summed E-state index contributed by atoms with van der Waals surface area (Å²) in [6.07, 6.45) is 3.02. The Bertz CT molecular complexity index is 305. The normalized spacial score (nSPS) is 17.1. The van der Waals surface area contributed by atoms with Crippen LogP contribution in [0.5, 0.6) is 0 Å². The summed E-state index contributed by atoms with van der Waals surface area (Å²) in [6.45, 7) is 6.01. The molecule has 1 aromatic heterocycles. The van der Waals surface area contributed by atoms with Crippen LogP contribution < -0.4 is 0 Å². The number of aryl methyl sites for hydroxylation is 2. The maximum Gasteiger partial charge on any atom is 0.0557 e. The van der Waals surface area contributed by atoms with E-state index in [1.165, 1.54) is 16.8 Å². The Kier molecular flexibility index (Phi) is 2.32. The third kappa shape index (κ3) is 1.59. The molecule has 0 spiro atoms. The highest BCUT2D eigenvalue weighted by Crippen LogP contribution is 2.24. The Labute approximate surface area is 78.9 Å². The molecule has 1 aliphatic heterocycles. The number of rotatable bonds is 2. The first-order valence-corrected chi connectivity index (χ1v) is 4.84. The molecule has 2 rings (SSSR count). The van der Waals surface area contributed by atoms with Crippen LogP contribution in [0.25, 0.3) is 0 Å². The van der Waals surface area contributed by atoms with Crippen molar-refractivity contribution in [1.29, 1.82) is 0 Å². The van der Waals surface area contributed by atoms with E-state index in [0.717, 1.165) is 19.6 Å². The highest BCUT2D eigenvalue weighted by atomic mass is 16.5. The molecule has 2 heterocycles. The van der Waals surface area contributed by atoms with Gasteiger partial charge in [-0.25, -0.2) is 0 Å². The van der Waals surface area contributed by atoms with Crippen LogP contribution in [0, 0.1) is 6.92 Å². The zero-order chi connectivity index (χ0) is 9.26. The first kappa shape index (κ1) is 8.70. The molecule has 0 N–H and O–H groups in total. The highest BCUT2D eigenvalue weighted by Gasteiger charge is 2.20. The van der Waals surface area contributed by atoms with Crippen molar-refractivity contribution in [3.8, 4) is 0 Å². The summed E-state index contributed by atoms with van der Waals surface area (Å²) in [5.74, 6) is 0.595. The van der Waals surface area contributed by atoms with Gasteiger partial charge >= 0.3 is 0 Å². The predicted octanol–water partition coefficient (Wildman–Crippen LogP) is 2.07. The van der Waals surface area contributed by atoms with E-state index in [-0.39, 0.29) is 0 Å². The minimum atomic E-state index is 0.595. The number of pyridine rings is 1. The van der Waals surface area contributed by atoms with Crippen LogP contribution in [-0.4, -0.2) is 18.2 Å². The second kappa shape index (κ2) is 3.46. The van der Waals surface area contributed by atoms with E-state index in [2.05, 4.69) is 24.9 Å². The van der Waals surface area contributed by atoms with Gasteiger partial charge in [-0.2, -0.15) is 0 Å². The molecule has 1 aromatic rings. The van der Waals surface area contributed by atoms with Crippen LogP contribution in [0.4, 0.5) is 0 Å². The number of ether oxygens (including phenoxy) is 1. The lowest BCUT2D eigenvalue weighted by Crippen LogP contribution is -2.25. The lowest BCUT2D eigenvalue weighted by atomic mass is 9.97. The SMILES string of the molecule is CCc1ncc(C2COC2)cc1C. The van der Waals surface area contributed by atoms with Crippen molar-refractivity contribution in [2.24, 2.45) is 0 Å². The third-order valence-electron chi connectivity index (χ3n) is 2.65. The predicted molar refractivity (Wildman–Crippen MR) is 51.9 cm³/mol. The molecule has 2 heteroatoms. The minimum absolute atomic E-state index is 0.595. The molecular formula is C11H15NO. The number of hydrogen-bond donors (Lipinski definition) is 0. The molecular weight excluding hydrogens is 162 g/mol. The van der Waals surface area contributed by atoms with E-state index in [1.54, 1.807) is 0 Å². The van der Waals surface area contributed by atoms with Gasteiger partial charge in [0, 0.05) is 17.8 Å². The van der Waals surface area contributed by atoms with Gasteiger partial charge < -0.3 is 4.74 Å². The molecule has 0 amide bonds. The van der Waals surface area contributed by atoms with Crippen LogP contribution in [-0.2, 0) is 11.2 Å². The Morgan fingerprint density at radius 3 is 2.77 bits per heavy atom. The second-order valence-corrected chi connectivity index (χ2v) is 3.62. The lowest BCUT2D eigenvalue weighted by molar-refractivity contribution is 0.00826. The Morgan fingerprint density at radius 1 is 1.54 bits per heavy atom. The second-order valence-electron chi connectivity index (χ2n) is 3.62. The van der Waals surface area contributed by atoms with E-state index >= 15 is 0 Å². The van der Waals surface area contributed by atoms with Crippen LogP contribution >= 0.6 is 0 Å². The van der Waals surface area contributed by atoms with Crippen molar-refractivity contribution < 1.29 is 4.74 Å². The van der Waals surface area contributed by atoms with Gasteiger partial charge in [-0.3, -0.25) is 4.98 Å². The minimum Gasteiger partial charge on any atom is -0.380 e. The van der Waals surface area contributed by atoms with Crippen LogP contribution in [0.15, 0.2) is 12.3 Å². The largest absolute Gasteiger partial charge is 0.380 e. The summed E-state index contributed by atoms with van der Waals surface area (Å²) in [7, 11) is 0. The van der Waals surface area contributed by atoms with E-state index in [4.69, 9.17) is 4.74 Å². The summed E-state index contributed by atoms with van der Waals surface area (Å²) in [4.78, 5) is 4.44. The fourth-order valence-corrected chi connectivity index (χ4v) is 1.65. The van der Waals surface area contributed by atoms with Crippen molar-refractivity contribution in [3.63, 3.8) is 0 Å². The number of nitrogens with zero attached hydrogens (tertiary/aromatic N) is 1. The van der Waals surface area contributed by atoms with Crippen molar-refractivity contribution in [3.05, 3.63) is 29.1 Å². The van der Waals surface area contributed by atoms with Gasteiger partial charge in [0.25, 0.3) is 0 Å². The molecule has 1 fully saturated rings. The monoisotopic (exact) mass is 177 g/mol. The van der Waals surface area contributed by atoms with E-state index in [1.807, 2.05) is 6.20 Å². The fraction of sp³-hybridized carbons (Fsp3) is 0.545. The summed E-state index contributed by atoms with van der Waals surface area (Å²) < 4.78 is 5.16. The lowest BCUT2D eigenvalue weighted by Gasteiger charge is -2.26. The summed E-state index contributed by atoms with van der Waals surface area (Å²) in [6, 6.07) is 2.25. The van der Waals surface area contributed by atoms with Crippen LogP contribution in [0.1, 0.15) is 29.7 Å². The van der Waals surface area contributed by atoms with Gasteiger partial charge in [0.05, 0.1) is 13.2 Å². The first-order valence-electron chi connectivity index (χ1n) is 4.84. The molecule has 1 saturated heterocycles. The van der Waals surface area contributed by atoms with Crippen LogP contribution in [0.3, 0.4) is 0 Å².